The summed E-state index contributed by atoms with van der Waals surface area (Å²) in [5.74, 6) is 2.53. The number of hydrogen-bond acceptors (Lipinski definition) is 6. The van der Waals surface area contributed by atoms with Crippen LogP contribution in [0.25, 0.3) is 0 Å². The van der Waals surface area contributed by atoms with Gasteiger partial charge in [0.25, 0.3) is 0 Å². The number of carbonyl (C=O) groups is 2. The molecule has 0 amide bonds. The molecule has 0 heterocycles. The van der Waals surface area contributed by atoms with Gasteiger partial charge in [-0.1, -0.05) is 46.3 Å². The van der Waals surface area contributed by atoms with Crippen LogP contribution >= 0.6 is 0 Å². The molecule has 4 N–H and O–H groups in total. The molecule has 0 spiro atoms. The molecule has 0 aliphatic heterocycles. The third-order valence-corrected chi connectivity index (χ3v) is 14.2. The Hall–Kier alpha value is -3.28. The molecule has 4 fully saturated rings. The molecule has 6 heteroatoms. The second-order valence-corrected chi connectivity index (χ2v) is 17.6. The molecule has 4 aliphatic rings. The largest absolute Gasteiger partial charge is 0.458 e. The Morgan fingerprint density at radius 3 is 1.94 bits per heavy atom. The number of carbonyl (C=O) groups excluding carboxylic acids is 2. The number of rotatable bonds is 8. The van der Waals surface area contributed by atoms with Crippen molar-refractivity contribution in [2.24, 2.45) is 51.8 Å². The molecule has 0 bridgehead atoms. The van der Waals surface area contributed by atoms with Crippen molar-refractivity contribution in [3.63, 3.8) is 0 Å². The number of anilines is 2. The van der Waals surface area contributed by atoms with E-state index in [0.717, 1.165) is 31.6 Å². The topological polar surface area (TPSA) is 105 Å². The van der Waals surface area contributed by atoms with Gasteiger partial charge in [0.1, 0.15) is 12.2 Å². The Morgan fingerprint density at radius 1 is 0.796 bits per heavy atom. The van der Waals surface area contributed by atoms with Crippen LogP contribution in [0, 0.1) is 51.8 Å². The molecule has 2 aromatic rings. The average molecular weight is 669 g/mol. The van der Waals surface area contributed by atoms with E-state index in [9.17, 15) is 9.59 Å². The van der Waals surface area contributed by atoms with Crippen LogP contribution < -0.4 is 11.5 Å². The molecule has 266 valence electrons. The van der Waals surface area contributed by atoms with Crippen molar-refractivity contribution in [1.29, 1.82) is 0 Å². The Balaban J connectivity index is 1.30. The maximum Gasteiger partial charge on any atom is 0.338 e. The van der Waals surface area contributed by atoms with Crippen LogP contribution in [-0.2, 0) is 9.47 Å². The van der Waals surface area contributed by atoms with Gasteiger partial charge in [-0.2, -0.15) is 0 Å². The van der Waals surface area contributed by atoms with Gasteiger partial charge in [-0.05, 0) is 161 Å². The minimum absolute atomic E-state index is 0.0431. The summed E-state index contributed by atoms with van der Waals surface area (Å²) in [5.41, 5.74) is 15.4. The Labute approximate surface area is 294 Å². The quantitative estimate of drug-likeness (QED) is 0.165. The Bertz CT molecular complexity index is 1540. The summed E-state index contributed by atoms with van der Waals surface area (Å²) in [6.07, 6.45) is 11.9. The highest BCUT2D eigenvalue weighted by molar-refractivity contribution is 5.90. The summed E-state index contributed by atoms with van der Waals surface area (Å²) >= 11 is 0. The fourth-order valence-electron chi connectivity index (χ4n) is 12.0. The lowest BCUT2D eigenvalue weighted by Crippen LogP contribution is -2.64. The predicted molar refractivity (Wildman–Crippen MR) is 198 cm³/mol. The van der Waals surface area contributed by atoms with E-state index in [0.29, 0.717) is 51.6 Å². The summed E-state index contributed by atoms with van der Waals surface area (Å²) in [4.78, 5) is 27.3. The summed E-state index contributed by atoms with van der Waals surface area (Å²) in [6, 6.07) is 14.0. The zero-order valence-corrected chi connectivity index (χ0v) is 31.0. The van der Waals surface area contributed by atoms with E-state index in [1.54, 1.807) is 48.5 Å². The van der Waals surface area contributed by atoms with Gasteiger partial charge in [-0.3, -0.25) is 0 Å². The molecule has 49 heavy (non-hydrogen) atoms. The second kappa shape index (κ2) is 13.5. The van der Waals surface area contributed by atoms with E-state index in [1.165, 1.54) is 37.7 Å². The van der Waals surface area contributed by atoms with E-state index in [2.05, 4.69) is 54.5 Å². The van der Waals surface area contributed by atoms with E-state index in [1.807, 2.05) is 0 Å². The first-order valence-corrected chi connectivity index (χ1v) is 18.9. The zero-order valence-electron chi connectivity index (χ0n) is 31.0. The number of esters is 2. The van der Waals surface area contributed by atoms with Gasteiger partial charge in [-0.25, -0.2) is 9.59 Å². The maximum atomic E-state index is 13.9. The van der Waals surface area contributed by atoms with Crippen molar-refractivity contribution in [2.75, 3.05) is 11.5 Å². The van der Waals surface area contributed by atoms with Crippen LogP contribution in [-0.4, -0.2) is 24.1 Å². The number of benzene rings is 2. The van der Waals surface area contributed by atoms with Crippen LogP contribution in [0.3, 0.4) is 0 Å². The SMILES string of the molecule is CC(C)=CCCC(C)C1CCC2C3CC(OC(=O)c4ccc(N)cc4)C4C(C)(C)C(OC(=O)c5ccc(N)cc5)CCC4(C)C3CCC12C. The third-order valence-electron chi connectivity index (χ3n) is 14.2. The molecule has 6 nitrogen and oxygen atoms in total. The first-order chi connectivity index (χ1) is 23.1. The number of nitrogens with two attached hydrogens (primary N) is 2. The second-order valence-electron chi connectivity index (χ2n) is 17.6. The number of allylic oxidation sites excluding steroid dienone is 2. The molecular formula is C43H60N2O4. The third kappa shape index (κ3) is 6.54. The summed E-state index contributed by atoms with van der Waals surface area (Å²) < 4.78 is 13.0. The van der Waals surface area contributed by atoms with Crippen LogP contribution in [0.1, 0.15) is 127 Å². The predicted octanol–water partition coefficient (Wildman–Crippen LogP) is 9.89. The average Bonchev–Trinajstić information content (AvgIpc) is 3.40. The van der Waals surface area contributed by atoms with Crippen molar-refractivity contribution < 1.29 is 19.1 Å². The van der Waals surface area contributed by atoms with Crippen molar-refractivity contribution >= 4 is 23.3 Å². The smallest absolute Gasteiger partial charge is 0.338 e. The monoisotopic (exact) mass is 668 g/mol. The van der Waals surface area contributed by atoms with Crippen LogP contribution in [0.15, 0.2) is 60.2 Å². The van der Waals surface area contributed by atoms with Gasteiger partial charge >= 0.3 is 11.9 Å². The van der Waals surface area contributed by atoms with Gasteiger partial charge in [0, 0.05) is 22.7 Å². The van der Waals surface area contributed by atoms with E-state index in [4.69, 9.17) is 20.9 Å². The van der Waals surface area contributed by atoms with Crippen LogP contribution in [0.4, 0.5) is 11.4 Å². The first kappa shape index (κ1) is 35.5. The van der Waals surface area contributed by atoms with Gasteiger partial charge in [0.05, 0.1) is 11.1 Å². The van der Waals surface area contributed by atoms with Gasteiger partial charge in [-0.15, -0.1) is 0 Å². The Kier molecular flexibility index (Phi) is 9.76. The number of hydrogen-bond donors (Lipinski definition) is 2. The van der Waals surface area contributed by atoms with Crippen molar-refractivity contribution in [1.82, 2.24) is 0 Å². The highest BCUT2D eigenvalue weighted by atomic mass is 16.6. The summed E-state index contributed by atoms with van der Waals surface area (Å²) in [7, 11) is 0. The molecule has 4 aliphatic carbocycles. The number of nitrogen functional groups attached to an aromatic ring is 2. The van der Waals surface area contributed by atoms with Crippen molar-refractivity contribution in [3.8, 4) is 0 Å². The van der Waals surface area contributed by atoms with Gasteiger partial charge in [0.15, 0.2) is 0 Å². The zero-order chi connectivity index (χ0) is 35.3. The van der Waals surface area contributed by atoms with Crippen LogP contribution in [0.2, 0.25) is 0 Å². The molecule has 0 radical (unpaired) electrons. The molecule has 6 rings (SSSR count). The lowest BCUT2D eigenvalue weighted by atomic mass is 9.40. The number of ether oxygens (including phenoxy) is 2. The highest BCUT2D eigenvalue weighted by Crippen LogP contribution is 2.71. The molecular weight excluding hydrogens is 608 g/mol. The van der Waals surface area contributed by atoms with Gasteiger partial charge in [0.2, 0.25) is 0 Å². The first-order valence-electron chi connectivity index (χ1n) is 18.9. The fraction of sp³-hybridized carbons (Fsp3) is 0.628. The standard InChI is InChI=1S/C43H60N2O4/c1-26(2)9-8-10-27(3)33-19-20-34-32-25-36(48-39(46)28-11-15-30(44)16-12-28)38-41(4,5)37(49-40(47)29-13-17-31(45)18-14-29)22-24-43(38,7)35(32)21-23-42(33,34)6/h9,11-18,27,32-38H,8,10,19-25,44-45H2,1-7H3. The Morgan fingerprint density at radius 2 is 1.35 bits per heavy atom. The van der Waals surface area contributed by atoms with E-state index < -0.39 is 5.41 Å². The molecule has 0 aromatic heterocycles. The lowest BCUT2D eigenvalue weighted by Gasteiger charge is -2.66. The molecule has 10 atom stereocenters. The summed E-state index contributed by atoms with van der Waals surface area (Å²) in [5, 5.41) is 0. The number of fused-ring (bicyclic) bond motifs is 5. The normalized spacial score (nSPS) is 35.2. The molecule has 10 unspecified atom stereocenters. The van der Waals surface area contributed by atoms with E-state index >= 15 is 0 Å². The van der Waals surface area contributed by atoms with Gasteiger partial charge < -0.3 is 20.9 Å². The molecule has 0 saturated heterocycles. The highest BCUT2D eigenvalue weighted by Gasteiger charge is 2.67. The molecule has 4 saturated carbocycles. The maximum absolute atomic E-state index is 13.9. The minimum atomic E-state index is -0.411. The van der Waals surface area contributed by atoms with E-state index in [-0.39, 0.29) is 35.5 Å². The minimum Gasteiger partial charge on any atom is -0.458 e. The van der Waals surface area contributed by atoms with Crippen molar-refractivity contribution in [3.05, 3.63) is 71.3 Å². The molecule has 2 aromatic carbocycles. The fourth-order valence-corrected chi connectivity index (χ4v) is 12.0. The lowest BCUT2D eigenvalue weighted by molar-refractivity contribution is -0.219. The summed E-state index contributed by atoms with van der Waals surface area (Å²) in [6.45, 7) is 16.5. The van der Waals surface area contributed by atoms with Crippen molar-refractivity contribution in [2.45, 2.75) is 118 Å². The van der Waals surface area contributed by atoms with Crippen LogP contribution in [0.5, 0.6) is 0 Å².